The molecule has 33 heavy (non-hydrogen) atoms. The second-order valence-corrected chi connectivity index (χ2v) is 10.2. The number of benzene rings is 2. The molecule has 8 heteroatoms. The first-order valence-electron chi connectivity index (χ1n) is 10.7. The monoisotopic (exact) mass is 488 g/mol. The van der Waals surface area contributed by atoms with E-state index in [1.807, 2.05) is 0 Å². The van der Waals surface area contributed by atoms with Crippen LogP contribution in [0, 0.1) is 16.2 Å². The number of methoxy groups -OCH3 is 1. The summed E-state index contributed by atoms with van der Waals surface area (Å²) in [5, 5.41) is 7.93. The number of hydrogen-bond acceptors (Lipinski definition) is 5. The van der Waals surface area contributed by atoms with Gasteiger partial charge >= 0.3 is 5.97 Å². The SMILES string of the molecule is COc1ccc(C(=O)O/N=C2\CC3(C(=O)Nc4cccc(Cl)c4Cl)CCC2(C)C3(C)C)cc1. The summed E-state index contributed by atoms with van der Waals surface area (Å²) in [6, 6.07) is 11.8. The molecule has 2 unspecified atom stereocenters. The Kier molecular flexibility index (Phi) is 5.95. The van der Waals surface area contributed by atoms with E-state index in [-0.39, 0.29) is 11.3 Å². The zero-order valence-electron chi connectivity index (χ0n) is 19.0. The van der Waals surface area contributed by atoms with Crippen LogP contribution in [0.3, 0.4) is 0 Å². The Hall–Kier alpha value is -2.57. The molecule has 2 aromatic carbocycles. The number of oxime groups is 1. The van der Waals surface area contributed by atoms with Crippen molar-refractivity contribution < 1.29 is 19.2 Å². The Bertz CT molecular complexity index is 1150. The Morgan fingerprint density at radius 1 is 1.03 bits per heavy atom. The summed E-state index contributed by atoms with van der Waals surface area (Å²) in [4.78, 5) is 31.4. The summed E-state index contributed by atoms with van der Waals surface area (Å²) in [6.07, 6.45) is 1.86. The summed E-state index contributed by atoms with van der Waals surface area (Å²) < 4.78 is 5.12. The average molecular weight is 489 g/mol. The van der Waals surface area contributed by atoms with Gasteiger partial charge in [-0.15, -0.1) is 0 Å². The van der Waals surface area contributed by atoms with Gasteiger partial charge in [-0.25, -0.2) is 4.79 Å². The van der Waals surface area contributed by atoms with E-state index in [1.54, 1.807) is 49.6 Å². The van der Waals surface area contributed by atoms with Crippen molar-refractivity contribution in [3.63, 3.8) is 0 Å². The number of rotatable bonds is 5. The maximum atomic E-state index is 13.6. The normalized spacial score (nSPS) is 26.3. The standard InChI is InChI=1S/C25H26Cl2N2O4/c1-23(2)24(3)12-13-25(23,22(31)28-18-7-5-6-17(26)20(18)27)14-19(24)29-33-21(30)15-8-10-16(32-4)11-9-15/h5-11H,12-14H2,1-4H3,(H,28,31)/b29-19+. The van der Waals surface area contributed by atoms with Gasteiger partial charge in [0.15, 0.2) is 0 Å². The first-order valence-corrected chi connectivity index (χ1v) is 11.5. The van der Waals surface area contributed by atoms with Crippen LogP contribution >= 0.6 is 23.2 Å². The van der Waals surface area contributed by atoms with Gasteiger partial charge in [0.25, 0.3) is 0 Å². The fourth-order valence-electron chi connectivity index (χ4n) is 5.24. The predicted octanol–water partition coefficient (Wildman–Crippen LogP) is 6.37. The van der Waals surface area contributed by atoms with E-state index in [0.717, 1.165) is 6.42 Å². The van der Waals surface area contributed by atoms with Gasteiger partial charge in [0.05, 0.1) is 39.5 Å². The van der Waals surface area contributed by atoms with Crippen molar-refractivity contribution in [1.29, 1.82) is 0 Å². The highest BCUT2D eigenvalue weighted by Crippen LogP contribution is 2.71. The molecule has 1 N–H and O–H groups in total. The Morgan fingerprint density at radius 3 is 2.39 bits per heavy atom. The second-order valence-electron chi connectivity index (χ2n) is 9.42. The number of fused-ring (bicyclic) bond motifs is 2. The summed E-state index contributed by atoms with van der Waals surface area (Å²) in [5.41, 5.74) is 0.0509. The molecule has 2 bridgehead atoms. The lowest BCUT2D eigenvalue weighted by Crippen LogP contribution is -2.43. The largest absolute Gasteiger partial charge is 0.497 e. The van der Waals surface area contributed by atoms with Gasteiger partial charge in [-0.2, -0.15) is 0 Å². The van der Waals surface area contributed by atoms with Crippen molar-refractivity contribution in [2.24, 2.45) is 21.4 Å². The van der Waals surface area contributed by atoms with Gasteiger partial charge in [-0.05, 0) is 54.7 Å². The van der Waals surface area contributed by atoms with Crippen molar-refractivity contribution in [3.8, 4) is 5.75 Å². The van der Waals surface area contributed by atoms with Gasteiger partial charge in [0.2, 0.25) is 5.91 Å². The highest BCUT2D eigenvalue weighted by Gasteiger charge is 2.71. The number of carbonyl (C=O) groups excluding carboxylic acids is 2. The van der Waals surface area contributed by atoms with Gasteiger partial charge < -0.3 is 14.9 Å². The molecule has 0 spiro atoms. The van der Waals surface area contributed by atoms with Crippen molar-refractivity contribution >= 4 is 46.5 Å². The van der Waals surface area contributed by atoms with Gasteiger partial charge in [0.1, 0.15) is 5.75 Å². The van der Waals surface area contributed by atoms with Crippen LogP contribution in [0.15, 0.2) is 47.6 Å². The van der Waals surface area contributed by atoms with Crippen LogP contribution < -0.4 is 10.1 Å². The lowest BCUT2D eigenvalue weighted by atomic mass is 9.64. The van der Waals surface area contributed by atoms with E-state index in [4.69, 9.17) is 32.8 Å². The second kappa shape index (κ2) is 8.33. The Morgan fingerprint density at radius 2 is 1.73 bits per heavy atom. The van der Waals surface area contributed by atoms with Crippen molar-refractivity contribution in [3.05, 3.63) is 58.1 Å². The minimum atomic E-state index is -0.710. The lowest BCUT2D eigenvalue weighted by Gasteiger charge is -2.39. The molecule has 0 heterocycles. The highest BCUT2D eigenvalue weighted by molar-refractivity contribution is 6.44. The highest BCUT2D eigenvalue weighted by atomic mass is 35.5. The Balaban J connectivity index is 1.58. The molecular weight excluding hydrogens is 463 g/mol. The fourth-order valence-corrected chi connectivity index (χ4v) is 5.59. The summed E-state index contributed by atoms with van der Waals surface area (Å²) in [5.74, 6) is -0.0430. The van der Waals surface area contributed by atoms with Crippen molar-refractivity contribution in [2.75, 3.05) is 12.4 Å². The van der Waals surface area contributed by atoms with Crippen LogP contribution in [0.25, 0.3) is 0 Å². The minimum absolute atomic E-state index is 0.132. The van der Waals surface area contributed by atoms with E-state index in [1.165, 1.54) is 0 Å². The van der Waals surface area contributed by atoms with E-state index in [2.05, 4.69) is 31.2 Å². The number of ether oxygens (including phenoxy) is 1. The van der Waals surface area contributed by atoms with Crippen LogP contribution in [0.5, 0.6) is 5.75 Å². The molecular formula is C25H26Cl2N2O4. The molecule has 174 valence electrons. The summed E-state index contributed by atoms with van der Waals surface area (Å²) in [7, 11) is 1.56. The topological polar surface area (TPSA) is 77.0 Å². The molecule has 0 aliphatic heterocycles. The molecule has 0 aromatic heterocycles. The van der Waals surface area contributed by atoms with Crippen LogP contribution in [0.4, 0.5) is 5.69 Å². The lowest BCUT2D eigenvalue weighted by molar-refractivity contribution is -0.130. The van der Waals surface area contributed by atoms with E-state index >= 15 is 0 Å². The van der Waals surface area contributed by atoms with Crippen molar-refractivity contribution in [2.45, 2.75) is 40.0 Å². The van der Waals surface area contributed by atoms with E-state index < -0.39 is 16.8 Å². The number of nitrogens with zero attached hydrogens (tertiary/aromatic N) is 1. The van der Waals surface area contributed by atoms with Crippen LogP contribution in [-0.4, -0.2) is 24.7 Å². The zero-order valence-corrected chi connectivity index (χ0v) is 20.5. The molecule has 2 fully saturated rings. The zero-order chi connectivity index (χ0) is 24.0. The van der Waals surface area contributed by atoms with E-state index in [0.29, 0.717) is 45.6 Å². The molecule has 2 atom stereocenters. The third-order valence-corrected chi connectivity index (χ3v) is 8.75. The molecule has 4 rings (SSSR count). The molecule has 2 saturated carbocycles. The van der Waals surface area contributed by atoms with Crippen LogP contribution in [0.1, 0.15) is 50.4 Å². The molecule has 0 radical (unpaired) electrons. The van der Waals surface area contributed by atoms with Gasteiger partial charge in [-0.3, -0.25) is 4.79 Å². The van der Waals surface area contributed by atoms with Gasteiger partial charge in [0, 0.05) is 11.8 Å². The summed E-state index contributed by atoms with van der Waals surface area (Å²) in [6.45, 7) is 6.24. The molecule has 1 amide bonds. The average Bonchev–Trinajstić information content (AvgIpc) is 3.11. The molecule has 6 nitrogen and oxygen atoms in total. The number of hydrogen-bond donors (Lipinski definition) is 1. The minimum Gasteiger partial charge on any atom is -0.497 e. The maximum Gasteiger partial charge on any atom is 0.365 e. The first kappa shape index (κ1) is 23.6. The van der Waals surface area contributed by atoms with Gasteiger partial charge in [-0.1, -0.05) is 55.2 Å². The van der Waals surface area contributed by atoms with Crippen LogP contribution in [-0.2, 0) is 9.63 Å². The van der Waals surface area contributed by atoms with Crippen LogP contribution in [0.2, 0.25) is 10.0 Å². The van der Waals surface area contributed by atoms with E-state index in [9.17, 15) is 9.59 Å². The fraction of sp³-hybridized carbons (Fsp3) is 0.400. The smallest absolute Gasteiger partial charge is 0.365 e. The number of anilines is 1. The molecule has 2 aliphatic carbocycles. The summed E-state index contributed by atoms with van der Waals surface area (Å²) >= 11 is 12.4. The quantitative estimate of drug-likeness (QED) is 0.391. The molecule has 2 aromatic rings. The maximum absolute atomic E-state index is 13.6. The van der Waals surface area contributed by atoms with Crippen molar-refractivity contribution in [1.82, 2.24) is 0 Å². The third-order valence-electron chi connectivity index (χ3n) is 7.93. The number of carbonyl (C=O) groups is 2. The first-order chi connectivity index (χ1) is 15.6. The number of halogens is 2. The number of nitrogens with one attached hydrogen (secondary N) is 1. The molecule has 0 saturated heterocycles. The third kappa shape index (κ3) is 3.60. The Labute approximate surface area is 203 Å². The predicted molar refractivity (Wildman–Crippen MR) is 129 cm³/mol. The number of amides is 1. The molecule has 2 aliphatic rings.